The van der Waals surface area contributed by atoms with Crippen LogP contribution in [0.3, 0.4) is 0 Å². The molecule has 1 amide bonds. The van der Waals surface area contributed by atoms with Gasteiger partial charge in [0, 0.05) is 17.2 Å². The van der Waals surface area contributed by atoms with Gasteiger partial charge in [-0.05, 0) is 38.3 Å². The average molecular weight is 403 g/mol. The minimum absolute atomic E-state index is 0.127. The van der Waals surface area contributed by atoms with Crippen LogP contribution in [0.25, 0.3) is 17.1 Å². The Kier molecular flexibility index (Phi) is 4.49. The topological polar surface area (TPSA) is 103 Å². The van der Waals surface area contributed by atoms with Crippen LogP contribution in [0, 0.1) is 6.92 Å². The van der Waals surface area contributed by atoms with E-state index in [-0.39, 0.29) is 6.04 Å². The van der Waals surface area contributed by atoms with Crippen LogP contribution >= 0.6 is 0 Å². The lowest BCUT2D eigenvalue weighted by molar-refractivity contribution is 0.100. The minimum atomic E-state index is -0.459. The molecule has 30 heavy (non-hydrogen) atoms. The van der Waals surface area contributed by atoms with E-state index in [1.54, 1.807) is 18.5 Å². The molecule has 3 heterocycles. The van der Waals surface area contributed by atoms with Crippen LogP contribution in [0.4, 0.5) is 5.82 Å². The van der Waals surface area contributed by atoms with Crippen LogP contribution in [0.2, 0.25) is 0 Å². The van der Waals surface area contributed by atoms with Crippen molar-refractivity contribution in [3.63, 3.8) is 0 Å². The smallest absolute Gasteiger partial charge is 0.248 e. The maximum atomic E-state index is 11.7. The number of hydrogen-bond donors (Lipinski definition) is 1. The molecule has 1 aromatic carbocycles. The second kappa shape index (κ2) is 7.19. The van der Waals surface area contributed by atoms with Gasteiger partial charge < -0.3 is 10.6 Å². The van der Waals surface area contributed by atoms with E-state index >= 15 is 0 Å². The number of anilines is 1. The van der Waals surface area contributed by atoms with E-state index in [0.717, 1.165) is 47.8 Å². The molecule has 0 unspecified atom stereocenters. The summed E-state index contributed by atoms with van der Waals surface area (Å²) in [5.74, 6) is 2.02. The lowest BCUT2D eigenvalue weighted by Gasteiger charge is -2.41. The highest BCUT2D eigenvalue weighted by molar-refractivity contribution is 5.93. The molecule has 1 aliphatic heterocycles. The van der Waals surface area contributed by atoms with Crippen molar-refractivity contribution in [2.45, 2.75) is 58.0 Å². The molecule has 0 bridgehead atoms. The SMILES string of the molecule is CC[C@@H]1c2nncn2-c2c(C)nc(-c3cccc(C(N)=O)c3)nc2N1C1CCCC1. The number of aryl methyl sites for hydroxylation is 1. The number of fused-ring (bicyclic) bond motifs is 3. The predicted octanol–water partition coefficient (Wildman–Crippen LogP) is 3.35. The van der Waals surface area contributed by atoms with Crippen molar-refractivity contribution in [2.24, 2.45) is 5.73 Å². The largest absolute Gasteiger partial charge is 0.366 e. The van der Waals surface area contributed by atoms with Gasteiger partial charge in [0.25, 0.3) is 0 Å². The third kappa shape index (κ3) is 2.86. The van der Waals surface area contributed by atoms with Crippen molar-refractivity contribution in [1.82, 2.24) is 24.7 Å². The van der Waals surface area contributed by atoms with E-state index < -0.39 is 5.91 Å². The Labute approximate surface area is 175 Å². The molecule has 1 aliphatic carbocycles. The van der Waals surface area contributed by atoms with Gasteiger partial charge in [0.05, 0.1) is 11.7 Å². The number of hydrogen-bond acceptors (Lipinski definition) is 6. The Balaban J connectivity index is 1.72. The molecule has 154 valence electrons. The van der Waals surface area contributed by atoms with Gasteiger partial charge in [-0.1, -0.05) is 31.9 Å². The molecule has 1 saturated carbocycles. The molecule has 3 aromatic rings. The van der Waals surface area contributed by atoms with Gasteiger partial charge >= 0.3 is 0 Å². The standard InChI is InChI=1S/C22H25N7O/c1-3-17-21-27-24-12-28(21)18-13(2)25-20(15-8-6-7-14(11-15)19(23)30)26-22(18)29(17)16-9-4-5-10-16/h6-8,11-12,16-17H,3-5,9-10H2,1-2H3,(H2,23,30)/t17-/m1/s1. The van der Waals surface area contributed by atoms with Gasteiger partial charge in [-0.2, -0.15) is 0 Å². The van der Waals surface area contributed by atoms with E-state index in [9.17, 15) is 4.79 Å². The van der Waals surface area contributed by atoms with Gasteiger partial charge in [0.15, 0.2) is 17.5 Å². The zero-order valence-electron chi connectivity index (χ0n) is 17.2. The highest BCUT2D eigenvalue weighted by Crippen LogP contribution is 2.44. The highest BCUT2D eigenvalue weighted by atomic mass is 16.1. The molecule has 1 fully saturated rings. The normalized spacial score (nSPS) is 18.3. The molecular formula is C22H25N7O. The molecular weight excluding hydrogens is 378 g/mol. The summed E-state index contributed by atoms with van der Waals surface area (Å²) >= 11 is 0. The van der Waals surface area contributed by atoms with Gasteiger partial charge in [-0.3, -0.25) is 9.36 Å². The Morgan fingerprint density at radius 2 is 2.03 bits per heavy atom. The number of primary amides is 1. The number of nitrogens with two attached hydrogens (primary N) is 1. The quantitative estimate of drug-likeness (QED) is 0.717. The lowest BCUT2D eigenvalue weighted by atomic mass is 10.0. The second-order valence-corrected chi connectivity index (χ2v) is 8.08. The van der Waals surface area contributed by atoms with Crippen molar-refractivity contribution in [3.05, 3.63) is 47.7 Å². The fraction of sp³-hybridized carbons (Fsp3) is 0.409. The van der Waals surface area contributed by atoms with E-state index in [2.05, 4.69) is 22.0 Å². The van der Waals surface area contributed by atoms with Crippen molar-refractivity contribution in [2.75, 3.05) is 4.90 Å². The first-order valence-corrected chi connectivity index (χ1v) is 10.6. The number of amides is 1. The lowest BCUT2D eigenvalue weighted by Crippen LogP contribution is -2.42. The molecule has 2 aliphatic rings. The summed E-state index contributed by atoms with van der Waals surface area (Å²) in [5, 5.41) is 8.64. The summed E-state index contributed by atoms with van der Waals surface area (Å²) in [7, 11) is 0. The second-order valence-electron chi connectivity index (χ2n) is 8.08. The van der Waals surface area contributed by atoms with Crippen molar-refractivity contribution < 1.29 is 4.79 Å². The van der Waals surface area contributed by atoms with E-state index in [4.69, 9.17) is 15.7 Å². The third-order valence-electron chi connectivity index (χ3n) is 6.24. The van der Waals surface area contributed by atoms with Crippen LogP contribution < -0.4 is 10.6 Å². The van der Waals surface area contributed by atoms with Crippen molar-refractivity contribution >= 4 is 11.7 Å². The van der Waals surface area contributed by atoms with Crippen LogP contribution in [0.5, 0.6) is 0 Å². The summed E-state index contributed by atoms with van der Waals surface area (Å²) < 4.78 is 2.04. The molecule has 0 radical (unpaired) electrons. The summed E-state index contributed by atoms with van der Waals surface area (Å²) in [5.41, 5.74) is 8.52. The number of nitrogens with zero attached hydrogens (tertiary/aromatic N) is 6. The first kappa shape index (κ1) is 18.7. The molecule has 2 N–H and O–H groups in total. The summed E-state index contributed by atoms with van der Waals surface area (Å²) in [6.07, 6.45) is 7.45. The van der Waals surface area contributed by atoms with Crippen molar-refractivity contribution in [3.8, 4) is 17.1 Å². The highest BCUT2D eigenvalue weighted by Gasteiger charge is 2.39. The van der Waals surface area contributed by atoms with Crippen LogP contribution in [0.1, 0.15) is 66.9 Å². The summed E-state index contributed by atoms with van der Waals surface area (Å²) in [6, 6.07) is 7.75. The summed E-state index contributed by atoms with van der Waals surface area (Å²) in [6.45, 7) is 4.17. The zero-order chi connectivity index (χ0) is 20.8. The fourth-order valence-corrected chi connectivity index (χ4v) is 4.86. The molecule has 0 spiro atoms. The first-order chi connectivity index (χ1) is 14.6. The number of benzene rings is 1. The van der Waals surface area contributed by atoms with E-state index in [1.165, 1.54) is 12.8 Å². The molecule has 8 nitrogen and oxygen atoms in total. The zero-order valence-corrected chi connectivity index (χ0v) is 17.2. The number of rotatable bonds is 4. The third-order valence-corrected chi connectivity index (χ3v) is 6.24. The Morgan fingerprint density at radius 3 is 2.77 bits per heavy atom. The Bertz CT molecular complexity index is 1120. The van der Waals surface area contributed by atoms with Crippen LogP contribution in [-0.4, -0.2) is 36.7 Å². The van der Waals surface area contributed by atoms with Gasteiger partial charge in [0.1, 0.15) is 12.0 Å². The van der Waals surface area contributed by atoms with E-state index in [0.29, 0.717) is 17.4 Å². The maximum absolute atomic E-state index is 11.7. The molecule has 1 atom stereocenters. The van der Waals surface area contributed by atoms with Crippen molar-refractivity contribution in [1.29, 1.82) is 0 Å². The number of carbonyl (C=O) groups excluding carboxylic acids is 1. The first-order valence-electron chi connectivity index (χ1n) is 10.6. The average Bonchev–Trinajstić information content (AvgIpc) is 3.44. The fourth-order valence-electron chi connectivity index (χ4n) is 4.86. The molecule has 0 saturated heterocycles. The molecule has 5 rings (SSSR count). The number of aromatic nitrogens is 5. The van der Waals surface area contributed by atoms with Gasteiger partial charge in [0.2, 0.25) is 5.91 Å². The summed E-state index contributed by atoms with van der Waals surface area (Å²) in [4.78, 5) is 23.9. The monoisotopic (exact) mass is 403 g/mol. The molecule has 8 heteroatoms. The Morgan fingerprint density at radius 1 is 1.23 bits per heavy atom. The Hall–Kier alpha value is -3.29. The predicted molar refractivity (Wildman–Crippen MR) is 113 cm³/mol. The van der Waals surface area contributed by atoms with Gasteiger partial charge in [-0.15, -0.1) is 10.2 Å². The van der Waals surface area contributed by atoms with E-state index in [1.807, 2.05) is 23.6 Å². The minimum Gasteiger partial charge on any atom is -0.366 e. The van der Waals surface area contributed by atoms with Gasteiger partial charge in [-0.25, -0.2) is 9.97 Å². The number of carbonyl (C=O) groups is 1. The maximum Gasteiger partial charge on any atom is 0.248 e. The van der Waals surface area contributed by atoms with Crippen LogP contribution in [0.15, 0.2) is 30.6 Å². The van der Waals surface area contributed by atoms with Crippen LogP contribution in [-0.2, 0) is 0 Å². The molecule has 2 aromatic heterocycles.